The highest BCUT2D eigenvalue weighted by molar-refractivity contribution is 6.74. The second-order valence-electron chi connectivity index (χ2n) is 16.1. The summed E-state index contributed by atoms with van der Waals surface area (Å²) in [4.78, 5) is 0. The Balaban J connectivity index is 1.45. The molecule has 36 heavy (non-hydrogen) atoms. The molecule has 0 amide bonds. The Morgan fingerprint density at radius 2 is 1.69 bits per heavy atom. The summed E-state index contributed by atoms with van der Waals surface area (Å²) < 4.78 is 6.93. The van der Waals surface area contributed by atoms with Gasteiger partial charge < -0.3 is 9.53 Å². The van der Waals surface area contributed by atoms with Crippen LogP contribution in [-0.2, 0) is 4.43 Å². The van der Waals surface area contributed by atoms with Crippen LogP contribution >= 0.6 is 0 Å². The predicted molar refractivity (Wildman–Crippen MR) is 157 cm³/mol. The van der Waals surface area contributed by atoms with E-state index in [9.17, 15) is 5.11 Å². The lowest BCUT2D eigenvalue weighted by molar-refractivity contribution is -0.0572. The van der Waals surface area contributed by atoms with E-state index in [0.717, 1.165) is 36.0 Å². The van der Waals surface area contributed by atoms with Crippen molar-refractivity contribution < 1.29 is 9.53 Å². The van der Waals surface area contributed by atoms with Gasteiger partial charge in [0, 0.05) is 6.10 Å². The minimum atomic E-state index is -1.72. The fraction of sp³-hybridized carbons (Fsp3) is 0.939. The third-order valence-electron chi connectivity index (χ3n) is 12.8. The molecule has 0 bridgehead atoms. The minimum Gasteiger partial charge on any atom is -0.414 e. The lowest BCUT2D eigenvalue weighted by Gasteiger charge is -2.59. The summed E-state index contributed by atoms with van der Waals surface area (Å²) in [5.74, 6) is 4.61. The van der Waals surface area contributed by atoms with Gasteiger partial charge in [0.2, 0.25) is 0 Å². The van der Waals surface area contributed by atoms with Crippen molar-refractivity contribution in [1.82, 2.24) is 0 Å². The highest BCUT2D eigenvalue weighted by Crippen LogP contribution is 2.67. The van der Waals surface area contributed by atoms with Crippen molar-refractivity contribution in [3.05, 3.63) is 11.6 Å². The van der Waals surface area contributed by atoms with Gasteiger partial charge in [0.1, 0.15) is 0 Å². The zero-order valence-electron chi connectivity index (χ0n) is 25.6. The summed E-state index contributed by atoms with van der Waals surface area (Å²) in [6, 6.07) is 0. The third kappa shape index (κ3) is 5.08. The Morgan fingerprint density at radius 1 is 1.00 bits per heavy atom. The Labute approximate surface area is 225 Å². The minimum absolute atomic E-state index is 0.134. The lowest BCUT2D eigenvalue weighted by Crippen LogP contribution is -2.52. The standard InChI is InChI=1S/C33H60O2Si/c1-22(2)30(34)16-11-23(3)27-14-15-28-26-13-12-24-21-25(35-36(9,10)31(4,5)6)17-19-32(24,7)29(26)18-20-33(27,28)8/h12,22-23,25-30,34H,11,13-21H2,1-10H3/t23-,25?,26+,27-,28+,29+,30?,32+,33-/m1/s1. The zero-order valence-corrected chi connectivity index (χ0v) is 26.6. The van der Waals surface area contributed by atoms with E-state index >= 15 is 0 Å². The molecule has 4 rings (SSSR count). The van der Waals surface area contributed by atoms with Gasteiger partial charge in [-0.05, 0) is 129 Å². The van der Waals surface area contributed by atoms with Gasteiger partial charge in [-0.15, -0.1) is 0 Å². The normalized spacial score (nSPS) is 40.8. The van der Waals surface area contributed by atoms with Crippen molar-refractivity contribution in [3.63, 3.8) is 0 Å². The van der Waals surface area contributed by atoms with E-state index in [2.05, 4.69) is 74.6 Å². The lowest BCUT2D eigenvalue weighted by atomic mass is 9.47. The van der Waals surface area contributed by atoms with Gasteiger partial charge >= 0.3 is 0 Å². The van der Waals surface area contributed by atoms with Crippen LogP contribution in [0.1, 0.15) is 120 Å². The number of hydrogen-bond acceptors (Lipinski definition) is 2. The fourth-order valence-corrected chi connectivity index (χ4v) is 10.7. The molecule has 0 saturated heterocycles. The zero-order chi connectivity index (χ0) is 26.7. The molecule has 3 saturated carbocycles. The Morgan fingerprint density at radius 3 is 2.33 bits per heavy atom. The van der Waals surface area contributed by atoms with Gasteiger partial charge in [-0.2, -0.15) is 0 Å². The highest BCUT2D eigenvalue weighted by Gasteiger charge is 2.59. The monoisotopic (exact) mass is 516 g/mol. The molecule has 0 aliphatic heterocycles. The molecule has 0 radical (unpaired) electrons. The topological polar surface area (TPSA) is 29.5 Å². The van der Waals surface area contributed by atoms with Crippen LogP contribution in [0.2, 0.25) is 18.1 Å². The van der Waals surface area contributed by atoms with Crippen LogP contribution in [0.25, 0.3) is 0 Å². The molecule has 2 unspecified atom stereocenters. The predicted octanol–water partition coefficient (Wildman–Crippen LogP) is 9.39. The molecule has 9 atom stereocenters. The van der Waals surface area contributed by atoms with Crippen LogP contribution in [0, 0.1) is 46.3 Å². The molecule has 3 fully saturated rings. The van der Waals surface area contributed by atoms with Crippen LogP contribution in [-0.4, -0.2) is 25.6 Å². The first-order valence-corrected chi connectivity index (χ1v) is 18.6. The van der Waals surface area contributed by atoms with Crippen LogP contribution in [0.3, 0.4) is 0 Å². The van der Waals surface area contributed by atoms with Crippen molar-refractivity contribution >= 4 is 8.32 Å². The number of aliphatic hydroxyl groups is 1. The molecule has 4 aliphatic carbocycles. The molecular formula is C33H60O2Si. The highest BCUT2D eigenvalue weighted by atomic mass is 28.4. The smallest absolute Gasteiger partial charge is 0.192 e. The number of hydrogen-bond donors (Lipinski definition) is 1. The maximum Gasteiger partial charge on any atom is 0.192 e. The number of fused-ring (bicyclic) bond motifs is 5. The third-order valence-corrected chi connectivity index (χ3v) is 17.3. The second-order valence-corrected chi connectivity index (χ2v) is 20.9. The first-order valence-electron chi connectivity index (χ1n) is 15.7. The quantitative estimate of drug-likeness (QED) is 0.270. The Hall–Kier alpha value is -0.123. The van der Waals surface area contributed by atoms with E-state index in [1.165, 1.54) is 57.8 Å². The second kappa shape index (κ2) is 10.1. The van der Waals surface area contributed by atoms with Crippen LogP contribution in [0.4, 0.5) is 0 Å². The molecule has 0 aromatic heterocycles. The summed E-state index contributed by atoms with van der Waals surface area (Å²) in [5, 5.41) is 10.7. The summed E-state index contributed by atoms with van der Waals surface area (Å²) in [7, 11) is -1.72. The van der Waals surface area contributed by atoms with Crippen molar-refractivity contribution in [2.45, 2.75) is 150 Å². The van der Waals surface area contributed by atoms with Gasteiger partial charge in [-0.3, -0.25) is 0 Å². The number of rotatable bonds is 7. The molecule has 208 valence electrons. The van der Waals surface area contributed by atoms with E-state index in [1.54, 1.807) is 5.57 Å². The van der Waals surface area contributed by atoms with Gasteiger partial charge in [-0.1, -0.05) is 67.0 Å². The van der Waals surface area contributed by atoms with Crippen LogP contribution in [0.15, 0.2) is 11.6 Å². The Kier molecular flexibility index (Phi) is 8.12. The van der Waals surface area contributed by atoms with Gasteiger partial charge in [0.05, 0.1) is 6.10 Å². The van der Waals surface area contributed by atoms with Crippen molar-refractivity contribution in [2.24, 2.45) is 46.3 Å². The molecule has 4 aliphatic rings. The van der Waals surface area contributed by atoms with Gasteiger partial charge in [-0.25, -0.2) is 0 Å². The average Bonchev–Trinajstić information content (AvgIpc) is 3.13. The van der Waals surface area contributed by atoms with Gasteiger partial charge in [0.15, 0.2) is 8.32 Å². The van der Waals surface area contributed by atoms with Crippen LogP contribution < -0.4 is 0 Å². The Bertz CT molecular complexity index is 809. The largest absolute Gasteiger partial charge is 0.414 e. The van der Waals surface area contributed by atoms with E-state index in [1.807, 2.05) is 0 Å². The summed E-state index contributed by atoms with van der Waals surface area (Å²) >= 11 is 0. The molecule has 1 N–H and O–H groups in total. The first kappa shape index (κ1) is 28.9. The van der Waals surface area contributed by atoms with Crippen LogP contribution in [0.5, 0.6) is 0 Å². The summed E-state index contributed by atoms with van der Waals surface area (Å²) in [6.45, 7) is 24.1. The molecule has 0 heterocycles. The molecule has 0 aromatic rings. The average molecular weight is 517 g/mol. The maximum absolute atomic E-state index is 10.4. The number of allylic oxidation sites excluding steroid dienone is 1. The summed E-state index contributed by atoms with van der Waals surface area (Å²) in [6.07, 6.45) is 16.0. The number of aliphatic hydroxyl groups excluding tert-OH is 1. The van der Waals surface area contributed by atoms with E-state index in [4.69, 9.17) is 4.43 Å². The van der Waals surface area contributed by atoms with E-state index < -0.39 is 8.32 Å². The van der Waals surface area contributed by atoms with Crippen molar-refractivity contribution in [1.29, 1.82) is 0 Å². The van der Waals surface area contributed by atoms with Crippen molar-refractivity contribution in [3.8, 4) is 0 Å². The summed E-state index contributed by atoms with van der Waals surface area (Å²) in [5.41, 5.74) is 2.67. The molecular weight excluding hydrogens is 456 g/mol. The molecule has 3 heteroatoms. The van der Waals surface area contributed by atoms with E-state index in [-0.39, 0.29) is 11.1 Å². The maximum atomic E-state index is 10.4. The fourth-order valence-electron chi connectivity index (χ4n) is 9.26. The van der Waals surface area contributed by atoms with Crippen molar-refractivity contribution in [2.75, 3.05) is 0 Å². The SMILES string of the molecule is CC(C)C(O)CC[C@@H](C)[C@H]1CC[C@H]2[C@@H]3CC=C4CC(O[Si](C)(C)C(C)(C)C)CC[C@]4(C)[C@H]3CC[C@]12C. The van der Waals surface area contributed by atoms with E-state index in [0.29, 0.717) is 22.9 Å². The molecule has 2 nitrogen and oxygen atoms in total. The first-order chi connectivity index (χ1) is 16.6. The van der Waals surface area contributed by atoms with Gasteiger partial charge in [0.25, 0.3) is 0 Å². The molecule has 0 aromatic carbocycles. The molecule has 0 spiro atoms.